The van der Waals surface area contributed by atoms with Crippen LogP contribution in [0.2, 0.25) is 0 Å². The van der Waals surface area contributed by atoms with Gasteiger partial charge in [-0.15, -0.1) is 24.8 Å². The van der Waals surface area contributed by atoms with E-state index in [4.69, 9.17) is 0 Å². The van der Waals surface area contributed by atoms with Crippen LogP contribution in [0.1, 0.15) is 17.3 Å². The van der Waals surface area contributed by atoms with Crippen LogP contribution in [-0.4, -0.2) is 35.5 Å². The van der Waals surface area contributed by atoms with Crippen molar-refractivity contribution < 1.29 is 9.18 Å². The molecule has 0 radical (unpaired) electrons. The van der Waals surface area contributed by atoms with Gasteiger partial charge in [0.1, 0.15) is 11.3 Å². The lowest BCUT2D eigenvalue weighted by Gasteiger charge is -2.11. The fourth-order valence-electron chi connectivity index (χ4n) is 1.63. The second-order valence-corrected chi connectivity index (χ2v) is 4.15. The van der Waals surface area contributed by atoms with Crippen molar-refractivity contribution in [3.63, 3.8) is 0 Å². The topological polar surface area (TPSA) is 69.8 Å². The van der Waals surface area contributed by atoms with Gasteiger partial charge in [0, 0.05) is 12.6 Å². The number of likely N-dealkylation sites (N-methyl/N-ethyl adjacent to an activating group) is 1. The third-order valence-electron chi connectivity index (χ3n) is 2.79. The van der Waals surface area contributed by atoms with Gasteiger partial charge in [0.15, 0.2) is 0 Å². The first kappa shape index (κ1) is 18.6. The summed E-state index contributed by atoms with van der Waals surface area (Å²) in [6, 6.07) is 2.66. The number of halogens is 3. The Kier molecular flexibility index (Phi) is 7.49. The van der Waals surface area contributed by atoms with E-state index in [0.717, 1.165) is 0 Å². The normalized spacial score (nSPS) is 11.3. The van der Waals surface area contributed by atoms with Crippen molar-refractivity contribution >= 4 is 41.8 Å². The van der Waals surface area contributed by atoms with Gasteiger partial charge in [-0.25, -0.2) is 9.37 Å². The molecular formula is C12H17Cl2FN4O. The van der Waals surface area contributed by atoms with Crippen LogP contribution in [0.3, 0.4) is 0 Å². The third kappa shape index (κ3) is 4.06. The highest BCUT2D eigenvalue weighted by molar-refractivity contribution is 6.04. The Balaban J connectivity index is 0.00000180. The van der Waals surface area contributed by atoms with Gasteiger partial charge in [-0.2, -0.15) is 0 Å². The number of amides is 1. The van der Waals surface area contributed by atoms with Gasteiger partial charge >= 0.3 is 0 Å². The van der Waals surface area contributed by atoms with Gasteiger partial charge in [-0.1, -0.05) is 0 Å². The monoisotopic (exact) mass is 322 g/mol. The molecule has 0 aliphatic rings. The van der Waals surface area contributed by atoms with Crippen molar-refractivity contribution in [2.45, 2.75) is 13.0 Å². The fourth-order valence-corrected chi connectivity index (χ4v) is 1.63. The first-order valence-corrected chi connectivity index (χ1v) is 5.70. The summed E-state index contributed by atoms with van der Waals surface area (Å²) in [5.74, 6) is -0.785. The lowest BCUT2D eigenvalue weighted by atomic mass is 10.1. The van der Waals surface area contributed by atoms with E-state index >= 15 is 0 Å². The molecule has 3 N–H and O–H groups in total. The number of rotatable bonds is 4. The molecule has 0 saturated carbocycles. The van der Waals surface area contributed by atoms with Crippen LogP contribution in [-0.2, 0) is 0 Å². The molecule has 5 nitrogen and oxygen atoms in total. The summed E-state index contributed by atoms with van der Waals surface area (Å²) in [6.45, 7) is 2.41. The first-order chi connectivity index (χ1) is 8.61. The smallest absolute Gasteiger partial charge is 0.253 e. The van der Waals surface area contributed by atoms with Crippen LogP contribution in [0.15, 0.2) is 18.5 Å². The van der Waals surface area contributed by atoms with E-state index in [-0.39, 0.29) is 42.3 Å². The summed E-state index contributed by atoms with van der Waals surface area (Å²) in [5, 5.41) is 5.74. The predicted octanol–water partition coefficient (Wildman–Crippen LogP) is 1.88. The highest BCUT2D eigenvalue weighted by Gasteiger charge is 2.14. The summed E-state index contributed by atoms with van der Waals surface area (Å²) in [5.41, 5.74) is 1.24. The van der Waals surface area contributed by atoms with Crippen molar-refractivity contribution in [3.05, 3.63) is 29.8 Å². The van der Waals surface area contributed by atoms with E-state index in [0.29, 0.717) is 17.6 Å². The summed E-state index contributed by atoms with van der Waals surface area (Å²) in [4.78, 5) is 18.8. The zero-order chi connectivity index (χ0) is 13.1. The molecule has 8 heteroatoms. The number of aromatic nitrogens is 2. The summed E-state index contributed by atoms with van der Waals surface area (Å²) < 4.78 is 13.4. The van der Waals surface area contributed by atoms with Crippen molar-refractivity contribution in [1.29, 1.82) is 0 Å². The van der Waals surface area contributed by atoms with Crippen molar-refractivity contribution in [1.82, 2.24) is 20.6 Å². The Hall–Kier alpha value is -1.37. The number of carbonyl (C=O) groups is 1. The number of fused-ring (bicyclic) bond motifs is 1. The van der Waals surface area contributed by atoms with Gasteiger partial charge in [0.2, 0.25) is 0 Å². The molecule has 0 aliphatic carbocycles. The number of imidazole rings is 1. The number of H-pyrrole nitrogens is 1. The van der Waals surface area contributed by atoms with Crippen molar-refractivity contribution in [2.75, 3.05) is 13.6 Å². The lowest BCUT2D eigenvalue weighted by molar-refractivity contribution is 0.0951. The number of aromatic amines is 1. The average molecular weight is 323 g/mol. The molecule has 1 amide bonds. The third-order valence-corrected chi connectivity index (χ3v) is 2.79. The van der Waals surface area contributed by atoms with Crippen LogP contribution in [0.25, 0.3) is 11.0 Å². The minimum atomic E-state index is -0.460. The molecule has 1 aromatic heterocycles. The molecule has 112 valence electrons. The zero-order valence-corrected chi connectivity index (χ0v) is 12.7. The standard InChI is InChI=1S/C12H15FN4O.2ClH/c1-7(14-2)5-15-12(18)9-3-8(13)4-10-11(9)17-6-16-10;;/h3-4,6-7,14H,5H2,1-2H3,(H,15,18)(H,16,17);2*1H. The predicted molar refractivity (Wildman–Crippen MR) is 81.4 cm³/mol. The maximum Gasteiger partial charge on any atom is 0.253 e. The Morgan fingerprint density at radius 2 is 2.15 bits per heavy atom. The average Bonchev–Trinajstić information content (AvgIpc) is 2.82. The molecule has 1 unspecified atom stereocenters. The van der Waals surface area contributed by atoms with E-state index in [1.165, 1.54) is 18.5 Å². The Morgan fingerprint density at radius 3 is 2.80 bits per heavy atom. The van der Waals surface area contributed by atoms with Gasteiger partial charge in [-0.05, 0) is 26.1 Å². The van der Waals surface area contributed by atoms with E-state index in [2.05, 4.69) is 20.6 Å². The minimum Gasteiger partial charge on any atom is -0.350 e. The molecule has 2 rings (SSSR count). The van der Waals surface area contributed by atoms with Gasteiger partial charge in [0.05, 0.1) is 17.4 Å². The Labute approximate surface area is 128 Å². The second kappa shape index (κ2) is 8.04. The minimum absolute atomic E-state index is 0. The molecule has 2 aromatic rings. The number of carbonyl (C=O) groups excluding carboxylic acids is 1. The molecule has 0 spiro atoms. The Bertz CT molecular complexity index is 576. The van der Waals surface area contributed by atoms with Crippen LogP contribution in [0.4, 0.5) is 4.39 Å². The molecule has 0 saturated heterocycles. The summed E-state index contributed by atoms with van der Waals surface area (Å²) in [6.07, 6.45) is 1.44. The summed E-state index contributed by atoms with van der Waals surface area (Å²) >= 11 is 0. The van der Waals surface area contributed by atoms with Gasteiger partial charge in [0.25, 0.3) is 5.91 Å². The van der Waals surface area contributed by atoms with Gasteiger partial charge < -0.3 is 15.6 Å². The van der Waals surface area contributed by atoms with Crippen LogP contribution in [0.5, 0.6) is 0 Å². The summed E-state index contributed by atoms with van der Waals surface area (Å²) in [7, 11) is 1.81. The number of benzene rings is 1. The lowest BCUT2D eigenvalue weighted by Crippen LogP contribution is -2.37. The number of hydrogen-bond donors (Lipinski definition) is 3. The molecular weight excluding hydrogens is 306 g/mol. The molecule has 1 aromatic carbocycles. The van der Waals surface area contributed by atoms with E-state index in [1.807, 2.05) is 14.0 Å². The van der Waals surface area contributed by atoms with Crippen LogP contribution in [0, 0.1) is 5.82 Å². The Morgan fingerprint density at radius 1 is 1.45 bits per heavy atom. The van der Waals surface area contributed by atoms with E-state index in [9.17, 15) is 9.18 Å². The zero-order valence-electron chi connectivity index (χ0n) is 11.1. The van der Waals surface area contributed by atoms with Gasteiger partial charge in [-0.3, -0.25) is 4.79 Å². The van der Waals surface area contributed by atoms with Crippen molar-refractivity contribution in [3.8, 4) is 0 Å². The number of hydrogen-bond acceptors (Lipinski definition) is 3. The van der Waals surface area contributed by atoms with E-state index < -0.39 is 5.82 Å². The molecule has 1 heterocycles. The maximum absolute atomic E-state index is 13.4. The highest BCUT2D eigenvalue weighted by Crippen LogP contribution is 2.16. The molecule has 20 heavy (non-hydrogen) atoms. The SMILES string of the molecule is CNC(C)CNC(=O)c1cc(F)cc2[nH]cnc12.Cl.Cl. The molecule has 0 bridgehead atoms. The molecule has 1 atom stereocenters. The van der Waals surface area contributed by atoms with Crippen LogP contribution >= 0.6 is 24.8 Å². The maximum atomic E-state index is 13.4. The quantitative estimate of drug-likeness (QED) is 0.805. The highest BCUT2D eigenvalue weighted by atomic mass is 35.5. The number of nitrogens with zero attached hydrogens (tertiary/aromatic N) is 1. The fraction of sp³-hybridized carbons (Fsp3) is 0.333. The van der Waals surface area contributed by atoms with E-state index in [1.54, 1.807) is 0 Å². The molecule has 0 aliphatic heterocycles. The van der Waals surface area contributed by atoms with Crippen LogP contribution < -0.4 is 10.6 Å². The molecule has 0 fully saturated rings. The van der Waals surface area contributed by atoms with Crippen molar-refractivity contribution in [2.24, 2.45) is 0 Å². The second-order valence-electron chi connectivity index (χ2n) is 4.15. The first-order valence-electron chi connectivity index (χ1n) is 5.70. The number of nitrogens with one attached hydrogen (secondary N) is 3. The largest absolute Gasteiger partial charge is 0.350 e.